The third kappa shape index (κ3) is 12.6. The van der Waals surface area contributed by atoms with Crippen molar-refractivity contribution in [3.8, 4) is 0 Å². The van der Waals surface area contributed by atoms with Gasteiger partial charge in [0.05, 0.1) is 36.9 Å². The molecule has 0 spiro atoms. The summed E-state index contributed by atoms with van der Waals surface area (Å²) in [4.78, 5) is 82.7. The van der Waals surface area contributed by atoms with Crippen molar-refractivity contribution >= 4 is 73.0 Å². The molecule has 0 saturated carbocycles. The van der Waals surface area contributed by atoms with E-state index in [4.69, 9.17) is 94.0 Å². The van der Waals surface area contributed by atoms with Gasteiger partial charge in [-0.1, -0.05) is 6.92 Å². The summed E-state index contributed by atoms with van der Waals surface area (Å²) in [6, 6.07) is 4.18. The first-order valence-electron chi connectivity index (χ1n) is 18.7. The van der Waals surface area contributed by atoms with Gasteiger partial charge in [0.2, 0.25) is 0 Å². The van der Waals surface area contributed by atoms with Gasteiger partial charge in [-0.2, -0.15) is 15.0 Å². The van der Waals surface area contributed by atoms with Gasteiger partial charge in [0, 0.05) is 43.2 Å². The fourth-order valence-corrected chi connectivity index (χ4v) is 11.5. The summed E-state index contributed by atoms with van der Waals surface area (Å²) in [5.41, 5.74) is 13.9. The molecule has 6 heterocycles. The molecule has 5 unspecified atom stereocenters. The van der Waals surface area contributed by atoms with E-state index in [0.29, 0.717) is 6.42 Å². The van der Waals surface area contributed by atoms with E-state index >= 15 is 0 Å². The standard InChI is InChI=1S/C32H46N9O15P3S3/c1-5-17-18(12-26(50-17)39-9-6-23(33)36-29(39)42)53-57(45,60)48-15-21-19(13-27(51-21)40-10-7-24(34)37-30(40)43)54-58(46,61)49-16-22-20(55-59(47,62)56-32(2,3)4)14-28(52-22)41-11-8-25(35)38-31(41)44/h6-11,17-18,20,22,26-28H,5,12-16H2,1-4H3,(H,45,60)(H,46,61)(H,47,62)(H2,33,36,42)(H2,34,37,43)(H2,35,38,44)/t17-,18?,20?,22-,26+,27+,28+,57?,58?,59?/m0/s1. The number of nitrogen functional groups attached to an aromatic ring is 3. The van der Waals surface area contributed by atoms with E-state index < -0.39 is 99.1 Å². The summed E-state index contributed by atoms with van der Waals surface area (Å²) >= 11 is 16.0. The number of aromatic nitrogens is 6. The van der Waals surface area contributed by atoms with Crippen LogP contribution in [0.5, 0.6) is 0 Å². The number of anilines is 3. The Morgan fingerprint density at radius 3 is 1.69 bits per heavy atom. The molecule has 30 heteroatoms. The van der Waals surface area contributed by atoms with Gasteiger partial charge >= 0.3 is 37.2 Å². The lowest BCUT2D eigenvalue weighted by atomic mass is 10.1. The second kappa shape index (κ2) is 19.2. The number of hydrogen-bond acceptors (Lipinski definition) is 21. The van der Waals surface area contributed by atoms with Gasteiger partial charge in [-0.25, -0.2) is 14.4 Å². The van der Waals surface area contributed by atoms with Crippen LogP contribution in [0, 0.1) is 0 Å². The van der Waals surface area contributed by atoms with E-state index in [2.05, 4.69) is 15.0 Å². The lowest BCUT2D eigenvalue weighted by molar-refractivity contribution is -0.0433. The Balaban J connectivity index is 1.18. The van der Waals surface area contributed by atoms with Gasteiger partial charge < -0.3 is 68.7 Å². The third-order valence-corrected chi connectivity index (χ3v) is 13.9. The molecule has 2 fully saturated rings. The molecule has 24 nitrogen and oxygen atoms in total. The van der Waals surface area contributed by atoms with Gasteiger partial charge in [-0.3, -0.25) is 18.2 Å². The number of rotatable bonds is 17. The van der Waals surface area contributed by atoms with Gasteiger partial charge in [0.1, 0.15) is 42.6 Å². The van der Waals surface area contributed by atoms with Crippen LogP contribution in [-0.2, 0) is 76.8 Å². The first-order valence-corrected chi connectivity index (χ1v) is 26.5. The van der Waals surface area contributed by atoms with Crippen LogP contribution in [0.15, 0.2) is 62.7 Å². The van der Waals surface area contributed by atoms with E-state index in [9.17, 15) is 29.1 Å². The highest BCUT2D eigenvalue weighted by Gasteiger charge is 2.44. The van der Waals surface area contributed by atoms with Crippen LogP contribution in [-0.4, -0.2) is 86.6 Å². The smallest absolute Gasteiger partial charge is 0.377 e. The fraction of sp³-hybridized carbons (Fsp3) is 0.562. The molecule has 0 aliphatic carbocycles. The maximum Gasteiger partial charge on any atom is 0.377 e. The maximum atomic E-state index is 12.8. The first-order chi connectivity index (χ1) is 28.9. The molecule has 2 saturated heterocycles. The van der Waals surface area contributed by atoms with E-state index in [1.165, 1.54) is 41.4 Å². The Morgan fingerprint density at radius 1 is 0.742 bits per heavy atom. The average molecular weight is 986 g/mol. The molecule has 62 heavy (non-hydrogen) atoms. The molecule has 6 rings (SSSR count). The van der Waals surface area contributed by atoms with E-state index in [1.807, 2.05) is 6.92 Å². The molecule has 3 aromatic rings. The minimum Gasteiger partial charge on any atom is -0.468 e. The molecule has 0 amide bonds. The Bertz CT molecular complexity index is 2510. The molecular weight excluding hydrogens is 940 g/mol. The zero-order valence-corrected chi connectivity index (χ0v) is 38.6. The highest BCUT2D eigenvalue weighted by Crippen LogP contribution is 2.55. The van der Waals surface area contributed by atoms with Crippen molar-refractivity contribution in [1.82, 2.24) is 28.7 Å². The van der Waals surface area contributed by atoms with Gasteiger partial charge in [-0.15, -0.1) is 0 Å². The van der Waals surface area contributed by atoms with Gasteiger partial charge in [0.25, 0.3) is 0 Å². The summed E-state index contributed by atoms with van der Waals surface area (Å²) < 4.78 is 56.2. The fourth-order valence-electron chi connectivity index (χ4n) is 6.53. The molecule has 3 aromatic heterocycles. The lowest BCUT2D eigenvalue weighted by Crippen LogP contribution is -2.30. The summed E-state index contributed by atoms with van der Waals surface area (Å²) in [5, 5.41) is 0. The lowest BCUT2D eigenvalue weighted by Gasteiger charge is -2.29. The van der Waals surface area contributed by atoms with Crippen LogP contribution in [0.1, 0.15) is 72.1 Å². The van der Waals surface area contributed by atoms with Crippen molar-refractivity contribution in [3.05, 3.63) is 79.8 Å². The van der Waals surface area contributed by atoms with Crippen LogP contribution in [0.25, 0.3) is 0 Å². The zero-order valence-electron chi connectivity index (χ0n) is 33.5. The minimum absolute atomic E-state index is 0.0184. The summed E-state index contributed by atoms with van der Waals surface area (Å²) in [7, 11) is 0. The van der Waals surface area contributed by atoms with Crippen LogP contribution < -0.4 is 34.3 Å². The van der Waals surface area contributed by atoms with Gasteiger partial charge in [-0.05, 0) is 69.0 Å². The monoisotopic (exact) mass is 985 g/mol. The van der Waals surface area contributed by atoms with Gasteiger partial charge in [0.15, 0.2) is 17.7 Å². The number of nitrogens with two attached hydrogens (primary N) is 3. The average Bonchev–Trinajstić information content (AvgIpc) is 3.84. The number of hydrogen-bond donors (Lipinski definition) is 6. The van der Waals surface area contributed by atoms with Crippen LogP contribution in [0.2, 0.25) is 0 Å². The molecule has 3 aliphatic rings. The topological polar surface area (TPSA) is 326 Å². The number of nitrogens with zero attached hydrogens (tertiary/aromatic N) is 6. The molecule has 10 atom stereocenters. The van der Waals surface area contributed by atoms with Crippen molar-refractivity contribution in [2.45, 2.75) is 102 Å². The van der Waals surface area contributed by atoms with Crippen molar-refractivity contribution in [2.24, 2.45) is 0 Å². The van der Waals surface area contributed by atoms with Crippen molar-refractivity contribution < 1.29 is 56.0 Å². The van der Waals surface area contributed by atoms with Crippen molar-refractivity contribution in [2.75, 3.05) is 30.4 Å². The normalized spacial score (nSPS) is 27.0. The van der Waals surface area contributed by atoms with Crippen molar-refractivity contribution in [3.63, 3.8) is 0 Å². The molecule has 342 valence electrons. The Morgan fingerprint density at radius 2 is 1.21 bits per heavy atom. The Labute approximate surface area is 368 Å². The minimum atomic E-state index is -4.33. The highest BCUT2D eigenvalue weighted by molar-refractivity contribution is 8.07. The Kier molecular flexibility index (Phi) is 15.0. The van der Waals surface area contributed by atoms with E-state index in [1.54, 1.807) is 20.8 Å². The van der Waals surface area contributed by atoms with Crippen LogP contribution in [0.4, 0.5) is 17.5 Å². The van der Waals surface area contributed by atoms with E-state index in [-0.39, 0.29) is 48.2 Å². The second-order valence-corrected chi connectivity index (χ2v) is 23.2. The third-order valence-electron chi connectivity index (χ3n) is 9.11. The first kappa shape index (κ1) is 48.4. The zero-order chi connectivity index (χ0) is 45.4. The summed E-state index contributed by atoms with van der Waals surface area (Å²) in [6.07, 6.45) is -2.18. The maximum absolute atomic E-state index is 12.8. The molecule has 0 bridgehead atoms. The number of ether oxygens (including phenoxy) is 3. The molecular formula is C32H46N9O15P3S3. The summed E-state index contributed by atoms with van der Waals surface area (Å²) in [5.74, 6) is -0.329. The molecule has 0 radical (unpaired) electrons. The largest absolute Gasteiger partial charge is 0.468 e. The molecule has 9 N–H and O–H groups in total. The molecule has 3 aliphatic heterocycles. The van der Waals surface area contributed by atoms with E-state index in [0.717, 1.165) is 9.13 Å². The molecule has 0 aromatic carbocycles. The highest BCUT2D eigenvalue weighted by atomic mass is 32.5. The Hall–Kier alpha value is -3.07. The van der Waals surface area contributed by atoms with Crippen molar-refractivity contribution in [1.29, 1.82) is 0 Å². The second-order valence-electron chi connectivity index (χ2n) is 14.9. The predicted octanol–water partition coefficient (Wildman–Crippen LogP) is 1.90. The van der Waals surface area contributed by atoms with Crippen LogP contribution >= 0.6 is 20.2 Å². The SMILES string of the molecule is CC[C@@H]1O[C@@H](n2ccc(N)nc2=O)CC1OP(O)(=S)OCC1=C(OP(O)(=S)OC[C@@H]2O[C@@H](n3ccc(N)nc3=O)CC2OP(O)(=S)OC(C)(C)C)C[C@H](n2ccc(N)nc2=O)O1. The quantitative estimate of drug-likeness (QED) is 0.105. The summed E-state index contributed by atoms with van der Waals surface area (Å²) in [6.45, 7) is -6.66. The predicted molar refractivity (Wildman–Crippen MR) is 231 cm³/mol. The van der Waals surface area contributed by atoms with Crippen LogP contribution in [0.3, 0.4) is 0 Å².